The fourth-order valence-electron chi connectivity index (χ4n) is 2.36. The summed E-state index contributed by atoms with van der Waals surface area (Å²) in [6.07, 6.45) is 2.49. The van der Waals surface area contributed by atoms with Crippen LogP contribution in [-0.2, 0) is 5.41 Å². The van der Waals surface area contributed by atoms with Crippen LogP contribution in [0.4, 0.5) is 5.69 Å². The topological polar surface area (TPSA) is 12.0 Å². The van der Waals surface area contributed by atoms with Crippen LogP contribution in [0.3, 0.4) is 0 Å². The molecule has 0 aromatic heterocycles. The molecule has 1 aromatic rings. The summed E-state index contributed by atoms with van der Waals surface area (Å²) in [4.78, 5) is 0. The highest BCUT2D eigenvalue weighted by Gasteiger charge is 2.34. The lowest BCUT2D eigenvalue weighted by Gasteiger charge is -2.23. The molecular weight excluding hydrogens is 238 g/mol. The maximum atomic E-state index is 3.59. The van der Waals surface area contributed by atoms with Gasteiger partial charge < -0.3 is 5.32 Å². The van der Waals surface area contributed by atoms with Crippen molar-refractivity contribution in [1.29, 1.82) is 0 Å². The average molecular weight is 254 g/mol. The highest BCUT2D eigenvalue weighted by Crippen LogP contribution is 2.42. The molecule has 0 fully saturated rings. The van der Waals surface area contributed by atoms with E-state index in [-0.39, 0.29) is 0 Å². The van der Waals surface area contributed by atoms with Gasteiger partial charge in [-0.15, -0.1) is 0 Å². The van der Waals surface area contributed by atoms with Gasteiger partial charge in [-0.25, -0.2) is 0 Å². The number of benzene rings is 1. The van der Waals surface area contributed by atoms with Crippen LogP contribution in [0.25, 0.3) is 0 Å². The largest absolute Gasteiger partial charge is 0.383 e. The highest BCUT2D eigenvalue weighted by atomic mass is 79.9. The van der Waals surface area contributed by atoms with Gasteiger partial charge in [0.05, 0.1) is 5.69 Å². The maximum absolute atomic E-state index is 3.59. The summed E-state index contributed by atoms with van der Waals surface area (Å²) < 4.78 is 1.19. The normalized spacial score (nSPS) is 24.5. The summed E-state index contributed by atoms with van der Waals surface area (Å²) in [5, 5.41) is 3.50. The Morgan fingerprint density at radius 1 is 1.50 bits per heavy atom. The third-order valence-corrected chi connectivity index (χ3v) is 3.78. The van der Waals surface area contributed by atoms with Gasteiger partial charge in [0, 0.05) is 16.4 Å². The number of fused-ring (bicyclic) bond motifs is 1. The van der Waals surface area contributed by atoms with Crippen molar-refractivity contribution in [2.24, 2.45) is 0 Å². The van der Waals surface area contributed by atoms with E-state index in [1.54, 1.807) is 0 Å². The zero-order valence-corrected chi connectivity index (χ0v) is 10.3. The number of hydrogen-bond acceptors (Lipinski definition) is 1. The third-order valence-electron chi connectivity index (χ3n) is 3.12. The molecule has 0 amide bonds. The minimum absolute atomic E-state index is 0.327. The number of halogens is 1. The van der Waals surface area contributed by atoms with E-state index in [0.29, 0.717) is 5.41 Å². The zero-order valence-electron chi connectivity index (χ0n) is 8.73. The summed E-state index contributed by atoms with van der Waals surface area (Å²) in [6, 6.07) is 6.48. The van der Waals surface area contributed by atoms with E-state index in [2.05, 4.69) is 53.3 Å². The molecule has 0 bridgehead atoms. The van der Waals surface area contributed by atoms with Crippen molar-refractivity contribution in [1.82, 2.24) is 0 Å². The average Bonchev–Trinajstić information content (AvgIpc) is 2.47. The van der Waals surface area contributed by atoms with Gasteiger partial charge in [-0.05, 0) is 34.0 Å². The van der Waals surface area contributed by atoms with E-state index >= 15 is 0 Å². The number of rotatable bonds is 2. The molecule has 76 valence electrons. The van der Waals surface area contributed by atoms with Crippen LogP contribution < -0.4 is 5.32 Å². The second-order valence-electron chi connectivity index (χ2n) is 4.33. The predicted molar refractivity (Wildman–Crippen MR) is 64.9 cm³/mol. The second-order valence-corrected chi connectivity index (χ2v) is 5.18. The molecule has 1 aliphatic rings. The van der Waals surface area contributed by atoms with Crippen LogP contribution in [0.5, 0.6) is 0 Å². The van der Waals surface area contributed by atoms with E-state index in [1.165, 1.54) is 28.6 Å². The van der Waals surface area contributed by atoms with E-state index in [4.69, 9.17) is 0 Å². The number of para-hydroxylation sites is 1. The van der Waals surface area contributed by atoms with Crippen molar-refractivity contribution in [2.45, 2.75) is 32.1 Å². The molecule has 0 saturated carbocycles. The Morgan fingerprint density at radius 3 is 3.00 bits per heavy atom. The first-order chi connectivity index (χ1) is 6.67. The first kappa shape index (κ1) is 10.0. The Hall–Kier alpha value is -0.500. The Balaban J connectivity index is 2.44. The molecule has 1 nitrogen and oxygen atoms in total. The molecule has 1 aromatic carbocycles. The van der Waals surface area contributed by atoms with Crippen molar-refractivity contribution < 1.29 is 0 Å². The molecule has 1 heterocycles. The van der Waals surface area contributed by atoms with Gasteiger partial charge in [0.1, 0.15) is 0 Å². The molecule has 1 aliphatic heterocycles. The summed E-state index contributed by atoms with van der Waals surface area (Å²) in [7, 11) is 0. The fourth-order valence-corrected chi connectivity index (χ4v) is 2.87. The first-order valence-electron chi connectivity index (χ1n) is 5.20. The SMILES string of the molecule is CCCC1(C)CNc2c(Br)cccc21. The van der Waals surface area contributed by atoms with E-state index in [9.17, 15) is 0 Å². The maximum Gasteiger partial charge on any atom is 0.0523 e. The summed E-state index contributed by atoms with van der Waals surface area (Å²) in [5.41, 5.74) is 3.09. The van der Waals surface area contributed by atoms with Crippen molar-refractivity contribution in [2.75, 3.05) is 11.9 Å². The monoisotopic (exact) mass is 253 g/mol. The Kier molecular flexibility index (Phi) is 2.56. The molecular formula is C12H16BrN. The number of anilines is 1. The molecule has 0 aliphatic carbocycles. The van der Waals surface area contributed by atoms with E-state index in [0.717, 1.165) is 6.54 Å². The summed E-state index contributed by atoms with van der Waals surface area (Å²) in [6.45, 7) is 5.67. The molecule has 1 unspecified atom stereocenters. The highest BCUT2D eigenvalue weighted by molar-refractivity contribution is 9.10. The molecule has 2 rings (SSSR count). The molecule has 1 N–H and O–H groups in total. The predicted octanol–water partition coefficient (Wildman–Crippen LogP) is 3.93. The smallest absolute Gasteiger partial charge is 0.0523 e. The quantitative estimate of drug-likeness (QED) is 0.843. The molecule has 0 spiro atoms. The minimum Gasteiger partial charge on any atom is -0.383 e. The Labute approximate surface area is 94.0 Å². The minimum atomic E-state index is 0.327. The van der Waals surface area contributed by atoms with Gasteiger partial charge in [-0.2, -0.15) is 0 Å². The van der Waals surface area contributed by atoms with Gasteiger partial charge in [-0.1, -0.05) is 32.4 Å². The second kappa shape index (κ2) is 3.58. The molecule has 0 radical (unpaired) electrons. The van der Waals surface area contributed by atoms with Gasteiger partial charge in [0.25, 0.3) is 0 Å². The number of hydrogen-bond donors (Lipinski definition) is 1. The van der Waals surface area contributed by atoms with Crippen LogP contribution in [0.1, 0.15) is 32.3 Å². The van der Waals surface area contributed by atoms with Crippen molar-refractivity contribution >= 4 is 21.6 Å². The van der Waals surface area contributed by atoms with E-state index < -0.39 is 0 Å². The van der Waals surface area contributed by atoms with Crippen molar-refractivity contribution in [3.8, 4) is 0 Å². The van der Waals surface area contributed by atoms with Crippen LogP contribution in [0.15, 0.2) is 22.7 Å². The number of nitrogens with one attached hydrogen (secondary N) is 1. The first-order valence-corrected chi connectivity index (χ1v) is 5.99. The zero-order chi connectivity index (χ0) is 10.2. The van der Waals surface area contributed by atoms with Crippen molar-refractivity contribution in [3.63, 3.8) is 0 Å². The van der Waals surface area contributed by atoms with Gasteiger partial charge in [0.2, 0.25) is 0 Å². The van der Waals surface area contributed by atoms with Crippen LogP contribution in [0.2, 0.25) is 0 Å². The molecule has 2 heteroatoms. The fraction of sp³-hybridized carbons (Fsp3) is 0.500. The van der Waals surface area contributed by atoms with Gasteiger partial charge >= 0.3 is 0 Å². The third kappa shape index (κ3) is 1.46. The van der Waals surface area contributed by atoms with Crippen LogP contribution in [0, 0.1) is 0 Å². The standard InChI is InChI=1S/C12H16BrN/c1-3-7-12(2)8-14-11-9(12)5-4-6-10(11)13/h4-6,14H,3,7-8H2,1-2H3. The van der Waals surface area contributed by atoms with Gasteiger partial charge in [0.15, 0.2) is 0 Å². The lowest BCUT2D eigenvalue weighted by atomic mass is 9.81. The lowest BCUT2D eigenvalue weighted by Crippen LogP contribution is -2.23. The molecule has 0 saturated heterocycles. The Bertz CT molecular complexity index is 348. The molecule has 14 heavy (non-hydrogen) atoms. The summed E-state index contributed by atoms with van der Waals surface area (Å²) in [5.74, 6) is 0. The van der Waals surface area contributed by atoms with E-state index in [1.807, 2.05) is 0 Å². The van der Waals surface area contributed by atoms with Crippen molar-refractivity contribution in [3.05, 3.63) is 28.2 Å². The summed E-state index contributed by atoms with van der Waals surface area (Å²) >= 11 is 3.59. The van der Waals surface area contributed by atoms with Crippen LogP contribution in [-0.4, -0.2) is 6.54 Å². The Morgan fingerprint density at radius 2 is 2.29 bits per heavy atom. The van der Waals surface area contributed by atoms with Gasteiger partial charge in [-0.3, -0.25) is 0 Å². The molecule has 1 atom stereocenters. The van der Waals surface area contributed by atoms with Crippen LogP contribution >= 0.6 is 15.9 Å². The lowest BCUT2D eigenvalue weighted by molar-refractivity contribution is 0.471.